The van der Waals surface area contributed by atoms with E-state index in [0.717, 1.165) is 0 Å². The predicted octanol–water partition coefficient (Wildman–Crippen LogP) is 0.498. The molecule has 0 amide bonds. The highest BCUT2D eigenvalue weighted by Crippen LogP contribution is 2.31. The van der Waals surface area contributed by atoms with Crippen molar-refractivity contribution in [2.45, 2.75) is 25.4 Å². The van der Waals surface area contributed by atoms with E-state index in [4.69, 9.17) is 5.73 Å². The first kappa shape index (κ1) is 10.9. The van der Waals surface area contributed by atoms with Crippen LogP contribution in [0.3, 0.4) is 0 Å². The number of rotatable bonds is 2. The fraction of sp³-hybridized carbons (Fsp3) is 1.00. The van der Waals surface area contributed by atoms with Gasteiger partial charge in [0.25, 0.3) is 0 Å². The van der Waals surface area contributed by atoms with Crippen LogP contribution in [0.4, 0.5) is 4.39 Å². The Morgan fingerprint density at radius 2 is 1.92 bits per heavy atom. The molecule has 0 spiro atoms. The summed E-state index contributed by atoms with van der Waals surface area (Å²) < 4.78 is 35.8. The molecule has 3 nitrogen and oxygen atoms in total. The van der Waals surface area contributed by atoms with Crippen molar-refractivity contribution in [2.75, 3.05) is 18.1 Å². The van der Waals surface area contributed by atoms with E-state index in [0.29, 0.717) is 12.8 Å². The summed E-state index contributed by atoms with van der Waals surface area (Å²) in [6.45, 7) is 1.42. The molecule has 1 fully saturated rings. The molecule has 1 atom stereocenters. The molecular formula is C8H16FNO2S. The maximum absolute atomic E-state index is 13.6. The van der Waals surface area contributed by atoms with Gasteiger partial charge in [0.1, 0.15) is 15.5 Å². The smallest absolute Gasteiger partial charge is 0.150 e. The Kier molecular flexibility index (Phi) is 2.97. The molecule has 1 aliphatic rings. The lowest BCUT2D eigenvalue weighted by Crippen LogP contribution is -2.42. The number of alkyl halides is 1. The Morgan fingerprint density at radius 3 is 2.31 bits per heavy atom. The molecule has 2 N–H and O–H groups in total. The summed E-state index contributed by atoms with van der Waals surface area (Å²) in [6, 6.07) is 0. The molecule has 1 saturated heterocycles. The zero-order chi connectivity index (χ0) is 10.1. The van der Waals surface area contributed by atoms with Crippen LogP contribution in [-0.4, -0.2) is 32.1 Å². The van der Waals surface area contributed by atoms with E-state index in [1.807, 2.05) is 0 Å². The summed E-state index contributed by atoms with van der Waals surface area (Å²) in [5.74, 6) is 0.0231. The quantitative estimate of drug-likeness (QED) is 0.720. The van der Waals surface area contributed by atoms with E-state index >= 15 is 0 Å². The Balaban J connectivity index is 2.60. The highest BCUT2D eigenvalue weighted by atomic mass is 32.2. The average molecular weight is 209 g/mol. The van der Waals surface area contributed by atoms with Gasteiger partial charge >= 0.3 is 0 Å². The van der Waals surface area contributed by atoms with Gasteiger partial charge in [-0.1, -0.05) is 0 Å². The molecule has 0 aromatic carbocycles. The van der Waals surface area contributed by atoms with Gasteiger partial charge in [0, 0.05) is 6.54 Å². The number of halogens is 1. The fourth-order valence-electron chi connectivity index (χ4n) is 1.66. The van der Waals surface area contributed by atoms with Crippen molar-refractivity contribution >= 4 is 9.84 Å². The van der Waals surface area contributed by atoms with Gasteiger partial charge in [-0.3, -0.25) is 0 Å². The summed E-state index contributed by atoms with van der Waals surface area (Å²) in [7, 11) is -2.89. The van der Waals surface area contributed by atoms with Crippen LogP contribution >= 0.6 is 0 Å². The van der Waals surface area contributed by atoms with E-state index < -0.39 is 15.5 Å². The van der Waals surface area contributed by atoms with Gasteiger partial charge in [0.2, 0.25) is 0 Å². The van der Waals surface area contributed by atoms with Crippen molar-refractivity contribution in [1.82, 2.24) is 0 Å². The molecule has 1 rings (SSSR count). The maximum atomic E-state index is 13.6. The molecular weight excluding hydrogens is 193 g/mol. The first-order valence-electron chi connectivity index (χ1n) is 4.47. The molecule has 5 heteroatoms. The van der Waals surface area contributed by atoms with Gasteiger partial charge in [-0.2, -0.15) is 0 Å². The Labute approximate surface area is 78.4 Å². The van der Waals surface area contributed by atoms with Crippen LogP contribution in [0.15, 0.2) is 0 Å². The topological polar surface area (TPSA) is 60.2 Å². The maximum Gasteiger partial charge on any atom is 0.150 e. The standard InChI is InChI=1S/C8H16FNO2S/c1-8(9,6-10)7-2-4-13(11,12)5-3-7/h7H,2-6,10H2,1H3. The molecule has 1 unspecified atom stereocenters. The van der Waals surface area contributed by atoms with Crippen LogP contribution < -0.4 is 5.73 Å². The summed E-state index contributed by atoms with van der Waals surface area (Å²) in [5.41, 5.74) is 3.87. The zero-order valence-electron chi connectivity index (χ0n) is 7.79. The van der Waals surface area contributed by atoms with Crippen LogP contribution in [0.1, 0.15) is 19.8 Å². The van der Waals surface area contributed by atoms with Crippen molar-refractivity contribution in [2.24, 2.45) is 11.7 Å². The number of hydrogen-bond donors (Lipinski definition) is 1. The summed E-state index contributed by atoms with van der Waals surface area (Å²) in [4.78, 5) is 0. The summed E-state index contributed by atoms with van der Waals surface area (Å²) >= 11 is 0. The molecule has 0 aromatic heterocycles. The molecule has 1 heterocycles. The Bertz CT molecular complexity index is 260. The largest absolute Gasteiger partial charge is 0.328 e. The molecule has 0 aromatic rings. The van der Waals surface area contributed by atoms with Gasteiger partial charge in [-0.25, -0.2) is 12.8 Å². The Morgan fingerprint density at radius 1 is 1.46 bits per heavy atom. The SMILES string of the molecule is CC(F)(CN)C1CCS(=O)(=O)CC1. The lowest BCUT2D eigenvalue weighted by Gasteiger charge is -2.32. The van der Waals surface area contributed by atoms with E-state index in [2.05, 4.69) is 0 Å². The second-order valence-electron chi connectivity index (χ2n) is 3.91. The zero-order valence-corrected chi connectivity index (χ0v) is 8.61. The van der Waals surface area contributed by atoms with Crippen molar-refractivity contribution in [3.63, 3.8) is 0 Å². The van der Waals surface area contributed by atoms with Crippen molar-refractivity contribution in [1.29, 1.82) is 0 Å². The highest BCUT2D eigenvalue weighted by Gasteiger charge is 2.37. The Hall–Kier alpha value is -0.160. The second kappa shape index (κ2) is 3.53. The minimum Gasteiger partial charge on any atom is -0.328 e. The van der Waals surface area contributed by atoms with Gasteiger partial charge in [-0.05, 0) is 25.7 Å². The van der Waals surface area contributed by atoms with Gasteiger partial charge in [-0.15, -0.1) is 0 Å². The fourth-order valence-corrected chi connectivity index (χ4v) is 3.15. The molecule has 1 aliphatic heterocycles. The normalized spacial score (nSPS) is 28.2. The minimum atomic E-state index is -2.89. The third kappa shape index (κ3) is 2.64. The van der Waals surface area contributed by atoms with Crippen molar-refractivity contribution in [3.05, 3.63) is 0 Å². The molecule has 0 aliphatic carbocycles. The van der Waals surface area contributed by atoms with E-state index in [-0.39, 0.29) is 24.0 Å². The van der Waals surface area contributed by atoms with Crippen LogP contribution in [0, 0.1) is 5.92 Å². The lowest BCUT2D eigenvalue weighted by atomic mass is 9.86. The predicted molar refractivity (Wildman–Crippen MR) is 49.9 cm³/mol. The average Bonchev–Trinajstić information content (AvgIpc) is 2.04. The first-order valence-corrected chi connectivity index (χ1v) is 6.29. The summed E-state index contributed by atoms with van der Waals surface area (Å²) in [5, 5.41) is 0. The van der Waals surface area contributed by atoms with Crippen LogP contribution in [0.2, 0.25) is 0 Å². The number of nitrogens with two attached hydrogens (primary N) is 1. The van der Waals surface area contributed by atoms with Crippen LogP contribution in [0.25, 0.3) is 0 Å². The third-order valence-electron chi connectivity index (χ3n) is 2.80. The summed E-state index contributed by atoms with van der Waals surface area (Å²) in [6.07, 6.45) is 0.819. The molecule has 78 valence electrons. The van der Waals surface area contributed by atoms with Crippen LogP contribution in [0.5, 0.6) is 0 Å². The molecule has 0 radical (unpaired) electrons. The third-order valence-corrected chi connectivity index (χ3v) is 4.52. The van der Waals surface area contributed by atoms with Crippen molar-refractivity contribution < 1.29 is 12.8 Å². The van der Waals surface area contributed by atoms with E-state index in [9.17, 15) is 12.8 Å². The van der Waals surface area contributed by atoms with E-state index in [1.54, 1.807) is 0 Å². The number of sulfone groups is 1. The second-order valence-corrected chi connectivity index (χ2v) is 6.21. The minimum absolute atomic E-state index is 0.0300. The van der Waals surface area contributed by atoms with Gasteiger partial charge < -0.3 is 5.73 Å². The molecule has 13 heavy (non-hydrogen) atoms. The van der Waals surface area contributed by atoms with Gasteiger partial charge in [0.15, 0.2) is 0 Å². The molecule has 0 saturated carbocycles. The first-order chi connectivity index (χ1) is 5.87. The highest BCUT2D eigenvalue weighted by molar-refractivity contribution is 7.91. The van der Waals surface area contributed by atoms with Gasteiger partial charge in [0.05, 0.1) is 11.5 Å². The number of hydrogen-bond acceptors (Lipinski definition) is 3. The lowest BCUT2D eigenvalue weighted by molar-refractivity contribution is 0.104. The molecule has 0 bridgehead atoms. The van der Waals surface area contributed by atoms with Crippen molar-refractivity contribution in [3.8, 4) is 0 Å². The van der Waals surface area contributed by atoms with E-state index in [1.165, 1.54) is 6.92 Å². The van der Waals surface area contributed by atoms with Crippen LogP contribution in [-0.2, 0) is 9.84 Å². The monoisotopic (exact) mass is 209 g/mol.